The molecule has 1 aliphatic rings. The number of unbranched alkanes of at least 4 members (excludes halogenated alkanes) is 1. The van der Waals surface area contributed by atoms with Gasteiger partial charge in [0.25, 0.3) is 0 Å². The van der Waals surface area contributed by atoms with Gasteiger partial charge in [-0.2, -0.15) is 0 Å². The molecule has 3 rings (SSSR count). The fourth-order valence-corrected chi connectivity index (χ4v) is 4.00. The van der Waals surface area contributed by atoms with E-state index in [9.17, 15) is 0 Å². The van der Waals surface area contributed by atoms with Gasteiger partial charge in [-0.1, -0.05) is 5.16 Å². The molecule has 3 heterocycles. The average Bonchev–Trinajstić information content (AvgIpc) is 3.33. The minimum Gasteiger partial charge on any atom is -0.364 e. The molecular weight excluding hydrogens is 360 g/mol. The van der Waals surface area contributed by atoms with Crippen LogP contribution in [0.1, 0.15) is 36.2 Å². The summed E-state index contributed by atoms with van der Waals surface area (Å²) in [5.74, 6) is 1.05. The number of nitrogens with zero attached hydrogens (tertiary/aromatic N) is 5. The third-order valence-corrected chi connectivity index (χ3v) is 5.64. The summed E-state index contributed by atoms with van der Waals surface area (Å²) < 4.78 is 4.92. The maximum absolute atomic E-state index is 4.92. The van der Waals surface area contributed by atoms with E-state index in [1.54, 1.807) is 17.6 Å². The molecule has 27 heavy (non-hydrogen) atoms. The van der Waals surface area contributed by atoms with Crippen molar-refractivity contribution in [2.24, 2.45) is 4.99 Å². The molecule has 1 aliphatic heterocycles. The molecule has 0 bridgehead atoms. The Morgan fingerprint density at radius 3 is 2.81 bits per heavy atom. The Morgan fingerprint density at radius 2 is 2.15 bits per heavy atom. The van der Waals surface area contributed by atoms with Crippen molar-refractivity contribution in [3.63, 3.8) is 0 Å². The van der Waals surface area contributed by atoms with Gasteiger partial charge in [0.2, 0.25) is 0 Å². The first kappa shape index (κ1) is 19.8. The van der Waals surface area contributed by atoms with Crippen LogP contribution in [0.25, 0.3) is 0 Å². The predicted molar refractivity (Wildman–Crippen MR) is 109 cm³/mol. The van der Waals surface area contributed by atoms with Crippen molar-refractivity contribution in [3.8, 4) is 0 Å². The summed E-state index contributed by atoms with van der Waals surface area (Å²) in [5.41, 5.74) is 2.13. The quantitative estimate of drug-likeness (QED) is 0.424. The summed E-state index contributed by atoms with van der Waals surface area (Å²) in [5, 5.41) is 10.8. The van der Waals surface area contributed by atoms with Crippen LogP contribution in [-0.4, -0.2) is 65.2 Å². The van der Waals surface area contributed by atoms with E-state index >= 15 is 0 Å². The Balaban J connectivity index is 1.40. The van der Waals surface area contributed by atoms with Crippen molar-refractivity contribution < 1.29 is 4.52 Å². The van der Waals surface area contributed by atoms with Crippen molar-refractivity contribution in [3.05, 3.63) is 34.1 Å². The molecule has 7 nitrogen and oxygen atoms in total. The molecule has 2 aromatic heterocycles. The lowest BCUT2D eigenvalue weighted by Crippen LogP contribution is -2.52. The van der Waals surface area contributed by atoms with Crippen LogP contribution < -0.4 is 5.32 Å². The van der Waals surface area contributed by atoms with Crippen LogP contribution in [0.5, 0.6) is 0 Å². The molecule has 1 saturated heterocycles. The highest BCUT2D eigenvalue weighted by Crippen LogP contribution is 2.12. The number of aliphatic imine (C=N–C) groups is 1. The zero-order valence-corrected chi connectivity index (χ0v) is 17.2. The van der Waals surface area contributed by atoms with Crippen molar-refractivity contribution in [2.75, 3.05) is 39.3 Å². The fraction of sp³-hybridized carbons (Fsp3) is 0.632. The average molecular weight is 391 g/mol. The Morgan fingerprint density at radius 1 is 1.30 bits per heavy atom. The van der Waals surface area contributed by atoms with Crippen LogP contribution in [0.4, 0.5) is 0 Å². The maximum atomic E-state index is 4.92. The predicted octanol–water partition coefficient (Wildman–Crippen LogP) is 2.55. The van der Waals surface area contributed by atoms with Gasteiger partial charge in [0.1, 0.15) is 6.26 Å². The van der Waals surface area contributed by atoms with Crippen LogP contribution in [-0.2, 0) is 13.0 Å². The Bertz CT molecular complexity index is 691. The summed E-state index contributed by atoms with van der Waals surface area (Å²) in [7, 11) is 0. The first-order chi connectivity index (χ1) is 13.2. The van der Waals surface area contributed by atoms with Gasteiger partial charge in [-0.05, 0) is 33.1 Å². The minimum atomic E-state index is 0.855. The van der Waals surface area contributed by atoms with E-state index in [2.05, 4.69) is 44.5 Å². The lowest BCUT2D eigenvalue weighted by molar-refractivity contribution is 0.169. The topological polar surface area (TPSA) is 69.8 Å². The van der Waals surface area contributed by atoms with Crippen molar-refractivity contribution in [1.82, 2.24) is 25.3 Å². The van der Waals surface area contributed by atoms with E-state index in [1.165, 1.54) is 5.01 Å². The number of rotatable bonds is 8. The van der Waals surface area contributed by atoms with Crippen LogP contribution in [0.3, 0.4) is 0 Å². The smallest absolute Gasteiger partial charge is 0.194 e. The minimum absolute atomic E-state index is 0.855. The second-order valence-electron chi connectivity index (χ2n) is 6.83. The van der Waals surface area contributed by atoms with E-state index in [0.29, 0.717) is 0 Å². The zero-order valence-electron chi connectivity index (χ0n) is 16.4. The Hall–Kier alpha value is -1.93. The highest BCUT2D eigenvalue weighted by atomic mass is 32.1. The maximum Gasteiger partial charge on any atom is 0.194 e. The SMILES string of the molecule is CCNC(=NCCCCc1nc(C)cs1)N1CCN(Cc2ccon2)CC1. The monoisotopic (exact) mass is 390 g/mol. The van der Waals surface area contributed by atoms with E-state index < -0.39 is 0 Å². The van der Waals surface area contributed by atoms with E-state index in [1.807, 2.05) is 6.07 Å². The van der Waals surface area contributed by atoms with Gasteiger partial charge in [-0.3, -0.25) is 9.89 Å². The normalized spacial score (nSPS) is 16.1. The molecule has 8 heteroatoms. The summed E-state index contributed by atoms with van der Waals surface area (Å²) in [6, 6.07) is 1.94. The summed E-state index contributed by atoms with van der Waals surface area (Å²) in [4.78, 5) is 14.1. The van der Waals surface area contributed by atoms with E-state index in [-0.39, 0.29) is 0 Å². The largest absolute Gasteiger partial charge is 0.364 e. The lowest BCUT2D eigenvalue weighted by atomic mass is 10.2. The van der Waals surface area contributed by atoms with Crippen LogP contribution in [0.2, 0.25) is 0 Å². The molecule has 0 saturated carbocycles. The number of nitrogens with one attached hydrogen (secondary N) is 1. The van der Waals surface area contributed by atoms with E-state index in [4.69, 9.17) is 9.52 Å². The number of hydrogen-bond acceptors (Lipinski definition) is 6. The van der Waals surface area contributed by atoms with Gasteiger partial charge >= 0.3 is 0 Å². The fourth-order valence-electron chi connectivity index (χ4n) is 3.18. The van der Waals surface area contributed by atoms with Gasteiger partial charge in [0, 0.05) is 63.0 Å². The second-order valence-corrected chi connectivity index (χ2v) is 7.77. The molecule has 148 valence electrons. The summed E-state index contributed by atoms with van der Waals surface area (Å²) in [6.45, 7) is 10.8. The number of piperazine rings is 1. The van der Waals surface area contributed by atoms with Crippen molar-refractivity contribution in [2.45, 2.75) is 39.7 Å². The summed E-state index contributed by atoms with van der Waals surface area (Å²) in [6.07, 6.45) is 4.93. The van der Waals surface area contributed by atoms with Gasteiger partial charge in [-0.15, -0.1) is 11.3 Å². The number of aryl methyl sites for hydroxylation is 2. The molecular formula is C19H30N6OS. The molecule has 0 aromatic carbocycles. The van der Waals surface area contributed by atoms with Crippen LogP contribution >= 0.6 is 11.3 Å². The van der Waals surface area contributed by atoms with Gasteiger partial charge in [-0.25, -0.2) is 4.98 Å². The van der Waals surface area contributed by atoms with Gasteiger partial charge in [0.15, 0.2) is 5.96 Å². The highest BCUT2D eigenvalue weighted by molar-refractivity contribution is 7.09. The number of hydrogen-bond donors (Lipinski definition) is 1. The summed E-state index contributed by atoms with van der Waals surface area (Å²) >= 11 is 1.76. The van der Waals surface area contributed by atoms with Gasteiger partial charge in [0.05, 0.1) is 10.7 Å². The molecule has 1 fully saturated rings. The van der Waals surface area contributed by atoms with Gasteiger partial charge < -0.3 is 14.7 Å². The lowest BCUT2D eigenvalue weighted by Gasteiger charge is -2.36. The highest BCUT2D eigenvalue weighted by Gasteiger charge is 2.20. The third kappa shape index (κ3) is 6.32. The molecule has 0 aliphatic carbocycles. The molecule has 1 N–H and O–H groups in total. The standard InChI is InChI=1S/C19H30N6OS/c1-3-20-19(21-8-5-4-6-18-22-16(2)15-27-18)25-11-9-24(10-12-25)14-17-7-13-26-23-17/h7,13,15H,3-6,8-12,14H2,1-2H3,(H,20,21). The Labute approximate surface area is 165 Å². The molecule has 0 atom stereocenters. The molecule has 0 radical (unpaired) electrons. The molecule has 0 unspecified atom stereocenters. The molecule has 2 aromatic rings. The number of aromatic nitrogens is 2. The van der Waals surface area contributed by atoms with Crippen molar-refractivity contribution in [1.29, 1.82) is 0 Å². The van der Waals surface area contributed by atoms with Crippen LogP contribution in [0, 0.1) is 6.92 Å². The first-order valence-corrected chi connectivity index (χ1v) is 10.7. The second kappa shape index (κ2) is 10.4. The third-order valence-electron chi connectivity index (χ3n) is 4.61. The van der Waals surface area contributed by atoms with Crippen LogP contribution in [0.15, 0.2) is 27.2 Å². The number of thiazole rings is 1. The first-order valence-electron chi connectivity index (χ1n) is 9.80. The zero-order chi connectivity index (χ0) is 18.9. The molecule has 0 spiro atoms. The number of guanidine groups is 1. The molecule has 0 amide bonds. The van der Waals surface area contributed by atoms with E-state index in [0.717, 1.165) is 82.4 Å². The Kier molecular flexibility index (Phi) is 7.65. The van der Waals surface area contributed by atoms with Crippen molar-refractivity contribution >= 4 is 17.3 Å².